The van der Waals surface area contributed by atoms with Gasteiger partial charge in [-0.2, -0.15) is 0 Å². The van der Waals surface area contributed by atoms with E-state index in [9.17, 15) is 4.79 Å². The Morgan fingerprint density at radius 3 is 2.54 bits per heavy atom. The lowest BCUT2D eigenvalue weighted by Crippen LogP contribution is -2.41. The fourth-order valence-corrected chi connectivity index (χ4v) is 0.745. The molecule has 0 aliphatic heterocycles. The molecule has 0 saturated heterocycles. The number of methoxy groups -OCH3 is 1. The van der Waals surface area contributed by atoms with Gasteiger partial charge >= 0.3 is 5.97 Å². The second kappa shape index (κ2) is 5.19. The Bertz CT molecular complexity index is 168. The maximum atomic E-state index is 11.0. The van der Waals surface area contributed by atoms with E-state index in [0.717, 1.165) is 0 Å². The number of carbonyl (C=O) groups excluding carboxylic acids is 1. The van der Waals surface area contributed by atoms with Crippen molar-refractivity contribution in [3.63, 3.8) is 0 Å². The minimum Gasteiger partial charge on any atom is -0.468 e. The summed E-state index contributed by atoms with van der Waals surface area (Å²) in [6, 6.07) is -0.323. The summed E-state index contributed by atoms with van der Waals surface area (Å²) in [5.41, 5.74) is -0.206. The van der Waals surface area contributed by atoms with Crippen LogP contribution in [-0.2, 0) is 9.53 Å². The molecule has 2 N–H and O–H groups in total. The number of esters is 1. The number of carbonyl (C=O) groups is 1. The van der Waals surface area contributed by atoms with Gasteiger partial charge < -0.3 is 15.2 Å². The largest absolute Gasteiger partial charge is 0.468 e. The number of nitrogens with one attached hydrogen (secondary N) is 1. The normalized spacial score (nSPS) is 13.9. The Kier molecular flexibility index (Phi) is 4.95. The van der Waals surface area contributed by atoms with E-state index in [0.29, 0.717) is 6.54 Å². The molecule has 0 aliphatic carbocycles. The highest BCUT2D eigenvalue weighted by molar-refractivity contribution is 5.75. The SMILES string of the molecule is COC(=O)C(C)NCC(C)(C)CO. The quantitative estimate of drug-likeness (QED) is 0.605. The van der Waals surface area contributed by atoms with E-state index in [2.05, 4.69) is 10.1 Å². The van der Waals surface area contributed by atoms with Gasteiger partial charge in [0.2, 0.25) is 0 Å². The molecule has 0 amide bonds. The van der Waals surface area contributed by atoms with Crippen LogP contribution in [0, 0.1) is 5.41 Å². The topological polar surface area (TPSA) is 58.6 Å². The van der Waals surface area contributed by atoms with Crippen LogP contribution in [0.2, 0.25) is 0 Å². The summed E-state index contributed by atoms with van der Waals surface area (Å²) < 4.78 is 4.55. The molecule has 78 valence electrons. The summed E-state index contributed by atoms with van der Waals surface area (Å²) in [6.45, 7) is 6.25. The zero-order valence-corrected chi connectivity index (χ0v) is 8.76. The zero-order valence-electron chi connectivity index (χ0n) is 8.76. The van der Waals surface area contributed by atoms with Crippen LogP contribution in [0.25, 0.3) is 0 Å². The number of aliphatic hydroxyl groups is 1. The van der Waals surface area contributed by atoms with Crippen LogP contribution in [0.1, 0.15) is 20.8 Å². The third-order valence-electron chi connectivity index (χ3n) is 1.87. The molecule has 4 heteroatoms. The lowest BCUT2D eigenvalue weighted by molar-refractivity contribution is -0.142. The number of ether oxygens (including phenoxy) is 1. The molecule has 13 heavy (non-hydrogen) atoms. The predicted molar refractivity (Wildman–Crippen MR) is 50.3 cm³/mol. The third kappa shape index (κ3) is 4.85. The van der Waals surface area contributed by atoms with Crippen LogP contribution in [0.15, 0.2) is 0 Å². The summed E-state index contributed by atoms with van der Waals surface area (Å²) >= 11 is 0. The Morgan fingerprint density at radius 2 is 2.15 bits per heavy atom. The molecular weight excluding hydrogens is 170 g/mol. The average Bonchev–Trinajstić information content (AvgIpc) is 2.13. The van der Waals surface area contributed by atoms with Crippen molar-refractivity contribution < 1.29 is 14.6 Å². The fraction of sp³-hybridized carbons (Fsp3) is 0.889. The maximum absolute atomic E-state index is 11.0. The van der Waals surface area contributed by atoms with E-state index in [1.165, 1.54) is 7.11 Å². The molecule has 0 aromatic rings. The van der Waals surface area contributed by atoms with Crippen molar-refractivity contribution in [3.8, 4) is 0 Å². The van der Waals surface area contributed by atoms with Crippen molar-refractivity contribution in [2.75, 3.05) is 20.3 Å². The lowest BCUT2D eigenvalue weighted by Gasteiger charge is -2.23. The first-order valence-corrected chi connectivity index (χ1v) is 4.35. The van der Waals surface area contributed by atoms with Gasteiger partial charge in [-0.15, -0.1) is 0 Å². The highest BCUT2D eigenvalue weighted by Crippen LogP contribution is 2.11. The van der Waals surface area contributed by atoms with E-state index < -0.39 is 0 Å². The van der Waals surface area contributed by atoms with Crippen LogP contribution in [-0.4, -0.2) is 37.4 Å². The molecule has 0 rings (SSSR count). The zero-order chi connectivity index (χ0) is 10.5. The van der Waals surface area contributed by atoms with E-state index in [1.54, 1.807) is 6.92 Å². The first kappa shape index (κ1) is 12.4. The van der Waals surface area contributed by atoms with Crippen molar-refractivity contribution in [2.24, 2.45) is 5.41 Å². The van der Waals surface area contributed by atoms with Crippen molar-refractivity contribution >= 4 is 5.97 Å². The predicted octanol–water partition coefficient (Wildman–Crippen LogP) is 0.156. The first-order chi connectivity index (χ1) is 5.93. The van der Waals surface area contributed by atoms with Crippen LogP contribution >= 0.6 is 0 Å². The van der Waals surface area contributed by atoms with Crippen LogP contribution < -0.4 is 5.32 Å². The third-order valence-corrected chi connectivity index (χ3v) is 1.87. The van der Waals surface area contributed by atoms with E-state index >= 15 is 0 Å². The van der Waals surface area contributed by atoms with Crippen molar-refractivity contribution in [1.82, 2.24) is 5.32 Å². The van der Waals surface area contributed by atoms with Gasteiger partial charge in [0.05, 0.1) is 7.11 Å². The van der Waals surface area contributed by atoms with Crippen LogP contribution in [0.3, 0.4) is 0 Å². The van der Waals surface area contributed by atoms with Crippen molar-refractivity contribution in [3.05, 3.63) is 0 Å². The Balaban J connectivity index is 3.82. The molecule has 0 spiro atoms. The summed E-state index contributed by atoms with van der Waals surface area (Å²) in [5.74, 6) is -0.284. The smallest absolute Gasteiger partial charge is 0.322 e. The van der Waals surface area contributed by atoms with Gasteiger partial charge in [0.15, 0.2) is 0 Å². The van der Waals surface area contributed by atoms with Crippen molar-refractivity contribution in [1.29, 1.82) is 0 Å². The highest BCUT2D eigenvalue weighted by atomic mass is 16.5. The Hall–Kier alpha value is -0.610. The molecule has 0 radical (unpaired) electrons. The van der Waals surface area contributed by atoms with E-state index in [4.69, 9.17) is 5.11 Å². The van der Waals surface area contributed by atoms with Gasteiger partial charge in [-0.3, -0.25) is 4.79 Å². The minimum atomic E-state index is -0.323. The second-order valence-electron chi connectivity index (χ2n) is 3.95. The number of rotatable bonds is 5. The molecule has 0 aromatic heterocycles. The molecule has 1 unspecified atom stereocenters. The summed E-state index contributed by atoms with van der Waals surface area (Å²) in [7, 11) is 1.36. The molecule has 0 aromatic carbocycles. The minimum absolute atomic E-state index is 0.0912. The molecule has 4 nitrogen and oxygen atoms in total. The maximum Gasteiger partial charge on any atom is 0.322 e. The van der Waals surface area contributed by atoms with Crippen molar-refractivity contribution in [2.45, 2.75) is 26.8 Å². The summed E-state index contributed by atoms with van der Waals surface area (Å²) in [4.78, 5) is 11.0. The van der Waals surface area contributed by atoms with Gasteiger partial charge in [-0.05, 0) is 6.92 Å². The summed E-state index contributed by atoms with van der Waals surface area (Å²) in [6.07, 6.45) is 0. The molecule has 0 bridgehead atoms. The highest BCUT2D eigenvalue weighted by Gasteiger charge is 2.19. The Labute approximate surface area is 79.3 Å². The van der Waals surface area contributed by atoms with Gasteiger partial charge in [0.1, 0.15) is 6.04 Å². The lowest BCUT2D eigenvalue weighted by atomic mass is 9.95. The molecule has 1 atom stereocenters. The van der Waals surface area contributed by atoms with Gasteiger partial charge in [0, 0.05) is 18.6 Å². The molecule has 0 aliphatic rings. The second-order valence-corrected chi connectivity index (χ2v) is 3.95. The van der Waals surface area contributed by atoms with E-state index in [-0.39, 0.29) is 24.0 Å². The average molecular weight is 189 g/mol. The number of hydrogen-bond donors (Lipinski definition) is 2. The first-order valence-electron chi connectivity index (χ1n) is 4.35. The molecule has 0 fully saturated rings. The summed E-state index contributed by atoms with van der Waals surface area (Å²) in [5, 5.41) is 11.9. The molecule has 0 saturated carbocycles. The number of aliphatic hydroxyl groups excluding tert-OH is 1. The van der Waals surface area contributed by atoms with Gasteiger partial charge in [0.25, 0.3) is 0 Å². The molecular formula is C9H19NO3. The standard InChI is InChI=1S/C9H19NO3/c1-7(8(12)13-4)10-5-9(2,3)6-11/h7,10-11H,5-6H2,1-4H3. The van der Waals surface area contributed by atoms with Gasteiger partial charge in [-0.1, -0.05) is 13.8 Å². The van der Waals surface area contributed by atoms with Crippen LogP contribution in [0.4, 0.5) is 0 Å². The van der Waals surface area contributed by atoms with Gasteiger partial charge in [-0.25, -0.2) is 0 Å². The van der Waals surface area contributed by atoms with Crippen LogP contribution in [0.5, 0.6) is 0 Å². The molecule has 0 heterocycles. The Morgan fingerprint density at radius 1 is 1.62 bits per heavy atom. The van der Waals surface area contributed by atoms with E-state index in [1.807, 2.05) is 13.8 Å². The fourth-order valence-electron chi connectivity index (χ4n) is 0.745. The monoisotopic (exact) mass is 189 g/mol. The number of hydrogen-bond acceptors (Lipinski definition) is 4.